The van der Waals surface area contributed by atoms with Crippen LogP contribution in [0.25, 0.3) is 0 Å². The molecule has 0 unspecified atom stereocenters. The van der Waals surface area contributed by atoms with E-state index in [0.717, 1.165) is 6.42 Å². The van der Waals surface area contributed by atoms with Crippen molar-refractivity contribution in [2.24, 2.45) is 5.92 Å². The molecule has 0 aliphatic rings. The lowest BCUT2D eigenvalue weighted by Gasteiger charge is -2.34. The lowest BCUT2D eigenvalue weighted by Crippen LogP contribution is -2.58. The summed E-state index contributed by atoms with van der Waals surface area (Å²) in [6, 6.07) is 0. The number of hydrogen-bond acceptors (Lipinski definition) is 3. The molecule has 0 rings (SSSR count). The third-order valence-corrected chi connectivity index (χ3v) is 5.14. The predicted molar refractivity (Wildman–Crippen MR) is 65.7 cm³/mol. The Labute approximate surface area is 103 Å². The van der Waals surface area contributed by atoms with Crippen LogP contribution in [0.5, 0.6) is 0 Å². The number of hydrogen-bond donors (Lipinski definition) is 2. The van der Waals surface area contributed by atoms with E-state index in [0.29, 0.717) is 25.6 Å². The Bertz CT molecular complexity index is 347. The van der Waals surface area contributed by atoms with Crippen LogP contribution in [0.3, 0.4) is 0 Å². The van der Waals surface area contributed by atoms with Crippen molar-refractivity contribution in [3.63, 3.8) is 0 Å². The van der Waals surface area contributed by atoms with E-state index in [-0.39, 0.29) is 3.89 Å². The van der Waals surface area contributed by atoms with Gasteiger partial charge in [0.25, 0.3) is 0 Å². The molecule has 0 aromatic heterocycles. The minimum atomic E-state index is -3.89. The maximum atomic E-state index is 12.0. The third kappa shape index (κ3) is 4.16. The molecule has 0 saturated heterocycles. The number of rotatable bonds is 7. The molecule has 0 aliphatic carbocycles. The smallest absolute Gasteiger partial charge is 0.422 e. The van der Waals surface area contributed by atoms with E-state index in [1.54, 1.807) is 18.6 Å². The van der Waals surface area contributed by atoms with Crippen molar-refractivity contribution in [2.45, 2.75) is 34.1 Å². The molecule has 17 heavy (non-hydrogen) atoms. The second kappa shape index (κ2) is 6.20. The molecule has 0 aromatic carbocycles. The maximum absolute atomic E-state index is 12.0. The molecule has 0 heterocycles. The first-order valence-electron chi connectivity index (χ1n) is 5.82. The Morgan fingerprint density at radius 2 is 1.76 bits per heavy atom. The monoisotopic (exact) mass is 267 g/mol. The lowest BCUT2D eigenvalue weighted by molar-refractivity contribution is -0.803. The van der Waals surface area contributed by atoms with Gasteiger partial charge in [0.1, 0.15) is 0 Å². The Kier molecular flexibility index (Phi) is 5.91. The van der Waals surface area contributed by atoms with Crippen molar-refractivity contribution in [2.75, 3.05) is 19.6 Å². The van der Waals surface area contributed by atoms with Crippen LogP contribution in [0.2, 0.25) is 0 Å². The number of amides is 1. The van der Waals surface area contributed by atoms with Gasteiger partial charge in [0.2, 0.25) is 0 Å². The van der Waals surface area contributed by atoms with Gasteiger partial charge in [0.15, 0.2) is 0 Å². The summed E-state index contributed by atoms with van der Waals surface area (Å²) in [4.78, 5) is 10.5. The largest absolute Gasteiger partial charge is 0.464 e. The van der Waals surface area contributed by atoms with Crippen molar-refractivity contribution in [1.29, 1.82) is 0 Å². The second-order valence-corrected chi connectivity index (χ2v) is 6.41. The SMILES string of the molecule is CC[N+](CC)(CCC(C)C)S(=O)(=O)NC(=O)O. The molecule has 0 aromatic rings. The quantitative estimate of drug-likeness (QED) is 0.683. The van der Waals surface area contributed by atoms with Crippen molar-refractivity contribution < 1.29 is 22.2 Å². The fraction of sp³-hybridized carbons (Fsp3) is 0.900. The first kappa shape index (κ1) is 16.2. The van der Waals surface area contributed by atoms with Crippen LogP contribution in [0.1, 0.15) is 34.1 Å². The van der Waals surface area contributed by atoms with Gasteiger partial charge >= 0.3 is 16.3 Å². The van der Waals surface area contributed by atoms with E-state index in [4.69, 9.17) is 5.11 Å². The minimum absolute atomic E-state index is 0.239. The highest BCUT2D eigenvalue weighted by molar-refractivity contribution is 7.84. The minimum Gasteiger partial charge on any atom is -0.464 e. The first-order valence-corrected chi connectivity index (χ1v) is 7.26. The Morgan fingerprint density at radius 3 is 2.06 bits per heavy atom. The van der Waals surface area contributed by atoms with Gasteiger partial charge < -0.3 is 5.11 Å². The van der Waals surface area contributed by atoms with E-state index >= 15 is 0 Å². The molecule has 0 atom stereocenters. The lowest BCUT2D eigenvalue weighted by atomic mass is 10.1. The molecule has 0 saturated carbocycles. The number of quaternary nitrogens is 1. The predicted octanol–water partition coefficient (Wildman–Crippen LogP) is 1.40. The van der Waals surface area contributed by atoms with Gasteiger partial charge in [-0.05, 0) is 19.8 Å². The summed E-state index contributed by atoms with van der Waals surface area (Å²) in [5.41, 5.74) is 0. The molecular weight excluding hydrogens is 244 g/mol. The molecule has 0 fully saturated rings. The molecule has 0 aliphatic heterocycles. The van der Waals surface area contributed by atoms with Gasteiger partial charge in [0, 0.05) is 6.42 Å². The van der Waals surface area contributed by atoms with Crippen LogP contribution >= 0.6 is 0 Å². The molecule has 6 nitrogen and oxygen atoms in total. The Hall–Kier alpha value is -0.820. The summed E-state index contributed by atoms with van der Waals surface area (Å²) in [5.74, 6) is 0.380. The number of carbonyl (C=O) groups is 1. The highest BCUT2D eigenvalue weighted by atomic mass is 32.2. The number of carboxylic acid groups (broad SMARTS) is 1. The summed E-state index contributed by atoms with van der Waals surface area (Å²) >= 11 is 0. The van der Waals surface area contributed by atoms with Gasteiger partial charge in [0.05, 0.1) is 19.6 Å². The van der Waals surface area contributed by atoms with Gasteiger partial charge in [-0.1, -0.05) is 13.8 Å². The van der Waals surface area contributed by atoms with E-state index in [1.165, 1.54) is 0 Å². The molecular formula is C10H23N2O4S+. The topological polar surface area (TPSA) is 83.5 Å². The first-order chi connectivity index (χ1) is 7.70. The van der Waals surface area contributed by atoms with Gasteiger partial charge in [-0.25, -0.2) is 8.68 Å². The van der Waals surface area contributed by atoms with E-state index in [2.05, 4.69) is 0 Å². The molecule has 0 bridgehead atoms. The van der Waals surface area contributed by atoms with Crippen molar-refractivity contribution in [1.82, 2.24) is 4.72 Å². The van der Waals surface area contributed by atoms with Crippen LogP contribution in [0, 0.1) is 5.92 Å². The average molecular weight is 267 g/mol. The van der Waals surface area contributed by atoms with Crippen LogP contribution in [-0.4, -0.2) is 43.1 Å². The van der Waals surface area contributed by atoms with Crippen molar-refractivity contribution in [3.05, 3.63) is 0 Å². The zero-order valence-corrected chi connectivity index (χ0v) is 11.7. The third-order valence-electron chi connectivity index (χ3n) is 2.99. The maximum Gasteiger partial charge on any atom is 0.422 e. The standard InChI is InChI=1S/C10H22N2O4S/c1-5-12(6-2,8-7-9(3)4)17(15,16)11-10(13)14/h9,11H,5-8H2,1-4H3/p+1. The zero-order chi connectivity index (χ0) is 13.7. The highest BCUT2D eigenvalue weighted by Gasteiger charge is 2.40. The molecule has 1 amide bonds. The number of nitrogens with one attached hydrogen (secondary N) is 1. The van der Waals surface area contributed by atoms with Crippen LogP contribution in [0.4, 0.5) is 4.79 Å². The van der Waals surface area contributed by atoms with Gasteiger partial charge in [-0.2, -0.15) is 13.1 Å². The van der Waals surface area contributed by atoms with Gasteiger partial charge in [-0.3, -0.25) is 0 Å². The normalized spacial score (nSPS) is 12.8. The summed E-state index contributed by atoms with van der Waals surface area (Å²) in [6.07, 6.45) is -0.790. The molecule has 2 N–H and O–H groups in total. The fourth-order valence-corrected chi connectivity index (χ4v) is 3.14. The molecule has 7 heteroatoms. The van der Waals surface area contributed by atoms with Crippen LogP contribution in [-0.2, 0) is 10.2 Å². The summed E-state index contributed by atoms with van der Waals surface area (Å²) in [7, 11) is -3.89. The summed E-state index contributed by atoms with van der Waals surface area (Å²) in [5, 5.41) is 8.58. The second-order valence-electron chi connectivity index (χ2n) is 4.48. The Balaban J connectivity index is 5.11. The van der Waals surface area contributed by atoms with E-state index < -0.39 is 16.3 Å². The van der Waals surface area contributed by atoms with E-state index in [1.807, 2.05) is 13.8 Å². The van der Waals surface area contributed by atoms with Gasteiger partial charge in [-0.15, -0.1) is 0 Å². The molecule has 102 valence electrons. The summed E-state index contributed by atoms with van der Waals surface area (Å²) in [6.45, 7) is 8.66. The van der Waals surface area contributed by atoms with Crippen molar-refractivity contribution >= 4 is 16.3 Å². The Morgan fingerprint density at radius 1 is 1.29 bits per heavy atom. The molecule has 0 spiro atoms. The number of nitrogens with zero attached hydrogens (tertiary/aromatic N) is 1. The zero-order valence-electron chi connectivity index (χ0n) is 10.9. The van der Waals surface area contributed by atoms with E-state index in [9.17, 15) is 13.2 Å². The van der Waals surface area contributed by atoms with Crippen LogP contribution < -0.4 is 4.72 Å². The average Bonchev–Trinajstić information content (AvgIpc) is 2.17. The molecule has 0 radical (unpaired) electrons. The highest BCUT2D eigenvalue weighted by Crippen LogP contribution is 2.17. The van der Waals surface area contributed by atoms with Crippen LogP contribution in [0.15, 0.2) is 0 Å². The van der Waals surface area contributed by atoms with Crippen molar-refractivity contribution in [3.8, 4) is 0 Å². The summed E-state index contributed by atoms with van der Waals surface area (Å²) < 4.78 is 25.4. The fourth-order valence-electron chi connectivity index (χ4n) is 1.70.